The van der Waals surface area contributed by atoms with E-state index < -0.39 is 0 Å². The molecule has 0 rings (SSSR count). The summed E-state index contributed by atoms with van der Waals surface area (Å²) in [5.41, 5.74) is 5.21. The van der Waals surface area contributed by atoms with Crippen LogP contribution in [0.4, 0.5) is 0 Å². The van der Waals surface area contributed by atoms with Crippen LogP contribution in [-0.2, 0) is 14.3 Å². The average Bonchev–Trinajstić information content (AvgIpc) is 2.13. The van der Waals surface area contributed by atoms with Crippen molar-refractivity contribution in [1.29, 1.82) is 0 Å². The molecule has 0 radical (unpaired) electrons. The molecule has 5 heteroatoms. The van der Waals surface area contributed by atoms with Crippen molar-refractivity contribution < 1.29 is 14.3 Å². The fraction of sp³-hybridized carbons (Fsp3) is 0.750. The Hall–Kier alpha value is -1.10. The summed E-state index contributed by atoms with van der Waals surface area (Å²) in [5.74, 6) is -0.362. The van der Waals surface area contributed by atoms with E-state index in [2.05, 4.69) is 4.74 Å². The molecule has 1 amide bonds. The van der Waals surface area contributed by atoms with Gasteiger partial charge in [0.05, 0.1) is 13.5 Å². The van der Waals surface area contributed by atoms with Crippen molar-refractivity contribution in [2.45, 2.75) is 12.8 Å². The molecule has 0 aromatic rings. The van der Waals surface area contributed by atoms with E-state index in [1.165, 1.54) is 12.0 Å². The summed E-state index contributed by atoms with van der Waals surface area (Å²) in [4.78, 5) is 23.3. The van der Waals surface area contributed by atoms with Crippen LogP contribution >= 0.6 is 0 Å². The van der Waals surface area contributed by atoms with Crippen LogP contribution in [0.5, 0.6) is 0 Å². The standard InChI is InChI=1S/C8H16N2O3/c1-10(7(11)3-5-9)6-4-8(12)13-2/h3-6,9H2,1-2H3. The molecule has 0 aromatic heterocycles. The van der Waals surface area contributed by atoms with Gasteiger partial charge in [0.2, 0.25) is 5.91 Å². The largest absolute Gasteiger partial charge is 0.469 e. The zero-order chi connectivity index (χ0) is 10.3. The van der Waals surface area contributed by atoms with Crippen LogP contribution in [0.3, 0.4) is 0 Å². The number of nitrogens with two attached hydrogens (primary N) is 1. The lowest BCUT2D eigenvalue weighted by atomic mass is 10.3. The average molecular weight is 188 g/mol. The highest BCUT2D eigenvalue weighted by Crippen LogP contribution is 1.93. The fourth-order valence-corrected chi connectivity index (χ4v) is 0.800. The molecule has 0 unspecified atom stereocenters. The summed E-state index contributed by atoms with van der Waals surface area (Å²) >= 11 is 0. The number of ether oxygens (including phenoxy) is 1. The van der Waals surface area contributed by atoms with Crippen LogP contribution in [0, 0.1) is 0 Å². The van der Waals surface area contributed by atoms with Gasteiger partial charge in [-0.1, -0.05) is 0 Å². The second kappa shape index (κ2) is 6.42. The quantitative estimate of drug-likeness (QED) is 0.582. The highest BCUT2D eigenvalue weighted by atomic mass is 16.5. The Kier molecular flexibility index (Phi) is 5.88. The lowest BCUT2D eigenvalue weighted by molar-refractivity contribution is -0.141. The summed E-state index contributed by atoms with van der Waals surface area (Å²) in [6.07, 6.45) is 0.543. The highest BCUT2D eigenvalue weighted by molar-refractivity contribution is 5.77. The first-order chi connectivity index (χ1) is 6.11. The third-order valence-corrected chi connectivity index (χ3v) is 1.66. The SMILES string of the molecule is COC(=O)CCN(C)C(=O)CCN. The van der Waals surface area contributed by atoms with Crippen molar-refractivity contribution in [3.8, 4) is 0 Å². The minimum Gasteiger partial charge on any atom is -0.469 e. The molecule has 0 saturated carbocycles. The van der Waals surface area contributed by atoms with Gasteiger partial charge in [-0.3, -0.25) is 9.59 Å². The summed E-state index contributed by atoms with van der Waals surface area (Å²) in [5, 5.41) is 0. The maximum Gasteiger partial charge on any atom is 0.307 e. The predicted octanol–water partition coefficient (Wildman–Crippen LogP) is -0.643. The molecule has 0 aromatic carbocycles. The van der Waals surface area contributed by atoms with Gasteiger partial charge in [0, 0.05) is 26.6 Å². The second-order valence-electron chi connectivity index (χ2n) is 2.68. The smallest absolute Gasteiger partial charge is 0.307 e. The second-order valence-corrected chi connectivity index (χ2v) is 2.68. The Labute approximate surface area is 77.8 Å². The predicted molar refractivity (Wildman–Crippen MR) is 47.9 cm³/mol. The van der Waals surface area contributed by atoms with Crippen LogP contribution in [-0.4, -0.2) is 44.0 Å². The van der Waals surface area contributed by atoms with Crippen LogP contribution < -0.4 is 5.73 Å². The molecule has 0 bridgehead atoms. The number of rotatable bonds is 5. The number of carbonyl (C=O) groups excluding carboxylic acids is 2. The van der Waals surface area contributed by atoms with Crippen molar-refractivity contribution in [1.82, 2.24) is 4.90 Å². The van der Waals surface area contributed by atoms with Gasteiger partial charge in [-0.05, 0) is 0 Å². The number of hydrogen-bond acceptors (Lipinski definition) is 4. The molecule has 0 saturated heterocycles. The molecule has 0 aliphatic heterocycles. The summed E-state index contributed by atoms with van der Waals surface area (Å²) in [7, 11) is 2.96. The Bertz CT molecular complexity index is 182. The number of hydrogen-bond donors (Lipinski definition) is 1. The fourth-order valence-electron chi connectivity index (χ4n) is 0.800. The van der Waals surface area contributed by atoms with E-state index in [1.54, 1.807) is 7.05 Å². The van der Waals surface area contributed by atoms with Crippen molar-refractivity contribution >= 4 is 11.9 Å². The van der Waals surface area contributed by atoms with Crippen LogP contribution in [0.1, 0.15) is 12.8 Å². The Morgan fingerprint density at radius 2 is 2.00 bits per heavy atom. The van der Waals surface area contributed by atoms with Gasteiger partial charge >= 0.3 is 5.97 Å². The molecule has 0 aliphatic rings. The Morgan fingerprint density at radius 3 is 2.46 bits per heavy atom. The summed E-state index contributed by atoms with van der Waals surface area (Å²) in [6.45, 7) is 0.715. The minimum atomic E-state index is -0.313. The van der Waals surface area contributed by atoms with E-state index in [4.69, 9.17) is 5.73 Å². The Balaban J connectivity index is 3.67. The van der Waals surface area contributed by atoms with Gasteiger partial charge in [-0.15, -0.1) is 0 Å². The minimum absolute atomic E-state index is 0.0496. The van der Waals surface area contributed by atoms with E-state index in [0.29, 0.717) is 19.5 Å². The third kappa shape index (κ3) is 5.19. The molecule has 13 heavy (non-hydrogen) atoms. The molecular weight excluding hydrogens is 172 g/mol. The van der Waals surface area contributed by atoms with Gasteiger partial charge in [0.25, 0.3) is 0 Å². The van der Waals surface area contributed by atoms with Crippen LogP contribution in [0.2, 0.25) is 0 Å². The van der Waals surface area contributed by atoms with Crippen LogP contribution in [0.15, 0.2) is 0 Å². The third-order valence-electron chi connectivity index (χ3n) is 1.66. The highest BCUT2D eigenvalue weighted by Gasteiger charge is 2.09. The summed E-state index contributed by atoms with van der Waals surface area (Å²) in [6, 6.07) is 0. The van der Waals surface area contributed by atoms with Gasteiger partial charge in [-0.2, -0.15) is 0 Å². The van der Waals surface area contributed by atoms with Crippen molar-refractivity contribution in [2.24, 2.45) is 5.73 Å². The van der Waals surface area contributed by atoms with E-state index in [0.717, 1.165) is 0 Å². The number of amides is 1. The van der Waals surface area contributed by atoms with E-state index in [9.17, 15) is 9.59 Å². The lowest BCUT2D eigenvalue weighted by Crippen LogP contribution is -2.30. The van der Waals surface area contributed by atoms with Crippen LogP contribution in [0.25, 0.3) is 0 Å². The topological polar surface area (TPSA) is 72.6 Å². The molecule has 76 valence electrons. The van der Waals surface area contributed by atoms with Gasteiger partial charge < -0.3 is 15.4 Å². The first kappa shape index (κ1) is 11.9. The molecule has 0 spiro atoms. The van der Waals surface area contributed by atoms with Gasteiger partial charge in [0.15, 0.2) is 0 Å². The molecule has 5 nitrogen and oxygen atoms in total. The van der Waals surface area contributed by atoms with Crippen molar-refractivity contribution in [3.05, 3.63) is 0 Å². The monoisotopic (exact) mass is 188 g/mol. The number of carbonyl (C=O) groups is 2. The molecule has 0 fully saturated rings. The zero-order valence-electron chi connectivity index (χ0n) is 8.08. The molecule has 0 aliphatic carbocycles. The maximum absolute atomic E-state index is 11.1. The van der Waals surface area contributed by atoms with E-state index in [-0.39, 0.29) is 18.3 Å². The number of esters is 1. The number of methoxy groups -OCH3 is 1. The van der Waals surface area contributed by atoms with E-state index >= 15 is 0 Å². The zero-order valence-corrected chi connectivity index (χ0v) is 8.08. The lowest BCUT2D eigenvalue weighted by Gasteiger charge is -2.15. The summed E-state index contributed by atoms with van der Waals surface area (Å²) < 4.78 is 4.44. The normalized spacial score (nSPS) is 9.46. The molecule has 0 atom stereocenters. The Morgan fingerprint density at radius 1 is 1.38 bits per heavy atom. The van der Waals surface area contributed by atoms with Gasteiger partial charge in [0.1, 0.15) is 0 Å². The van der Waals surface area contributed by atoms with E-state index in [1.807, 2.05) is 0 Å². The first-order valence-corrected chi connectivity index (χ1v) is 4.12. The molecule has 2 N–H and O–H groups in total. The molecular formula is C8H16N2O3. The van der Waals surface area contributed by atoms with Crippen molar-refractivity contribution in [2.75, 3.05) is 27.2 Å². The molecule has 0 heterocycles. The maximum atomic E-state index is 11.1. The van der Waals surface area contributed by atoms with Gasteiger partial charge in [-0.25, -0.2) is 0 Å². The number of nitrogens with zero attached hydrogens (tertiary/aromatic N) is 1. The first-order valence-electron chi connectivity index (χ1n) is 4.12. The van der Waals surface area contributed by atoms with Crippen molar-refractivity contribution in [3.63, 3.8) is 0 Å².